The molecule has 2 amide bonds. The zero-order valence-electron chi connectivity index (χ0n) is 16.3. The second-order valence-corrected chi connectivity index (χ2v) is 10.8. The second kappa shape index (κ2) is 6.89. The lowest BCUT2D eigenvalue weighted by Crippen LogP contribution is -2.57. The van der Waals surface area contributed by atoms with Crippen molar-refractivity contribution in [2.75, 3.05) is 0 Å². The van der Waals surface area contributed by atoms with Crippen LogP contribution < -0.4 is 0 Å². The highest BCUT2D eigenvalue weighted by Crippen LogP contribution is 2.45. The van der Waals surface area contributed by atoms with Gasteiger partial charge < -0.3 is 0 Å². The molecule has 0 bridgehead atoms. The molecular formula is C21H20Cl2N2O3S. The summed E-state index contributed by atoms with van der Waals surface area (Å²) in [5.41, 5.74) is 0.660. The molecule has 0 atom stereocenters. The van der Waals surface area contributed by atoms with Crippen molar-refractivity contribution in [3.8, 4) is 0 Å². The van der Waals surface area contributed by atoms with Gasteiger partial charge in [0.25, 0.3) is 11.8 Å². The number of aromatic nitrogens is 1. The average molecular weight is 451 g/mol. The van der Waals surface area contributed by atoms with Gasteiger partial charge in [0.2, 0.25) is 0 Å². The first-order valence-electron chi connectivity index (χ1n) is 9.36. The average Bonchev–Trinajstić information content (AvgIpc) is 3.11. The standard InChI is InChI=1S/C21H20Cl2N2O3S/c1-20(2,3)16-17(22)24-15(29-16)8-14(26)21(23)9-11(10-21)25-18(27)12-6-4-5-7-13(12)19(25)28/h4-7,11H,8-10H2,1-3H3. The zero-order valence-corrected chi connectivity index (χ0v) is 18.6. The number of imide groups is 1. The van der Waals surface area contributed by atoms with E-state index in [1.807, 2.05) is 20.8 Å². The van der Waals surface area contributed by atoms with Crippen molar-refractivity contribution in [3.05, 3.63) is 50.4 Å². The maximum Gasteiger partial charge on any atom is 0.261 e. The lowest BCUT2D eigenvalue weighted by Gasteiger charge is -2.45. The molecule has 1 aromatic carbocycles. The van der Waals surface area contributed by atoms with E-state index in [9.17, 15) is 14.4 Å². The summed E-state index contributed by atoms with van der Waals surface area (Å²) in [6.45, 7) is 6.12. The molecule has 29 heavy (non-hydrogen) atoms. The Kier molecular flexibility index (Phi) is 4.88. The minimum atomic E-state index is -1.08. The number of ketones is 1. The predicted molar refractivity (Wildman–Crippen MR) is 113 cm³/mol. The summed E-state index contributed by atoms with van der Waals surface area (Å²) in [6, 6.07) is 6.39. The van der Waals surface area contributed by atoms with Gasteiger partial charge in [0.05, 0.1) is 17.5 Å². The van der Waals surface area contributed by atoms with E-state index in [1.54, 1.807) is 24.3 Å². The summed E-state index contributed by atoms with van der Waals surface area (Å²) in [5, 5.41) is 1.06. The van der Waals surface area contributed by atoms with E-state index >= 15 is 0 Å². The molecule has 1 aliphatic heterocycles. The Morgan fingerprint density at radius 3 is 2.24 bits per heavy atom. The van der Waals surface area contributed by atoms with E-state index in [4.69, 9.17) is 23.2 Å². The normalized spacial score (nSPS) is 23.9. The van der Waals surface area contributed by atoms with Crippen LogP contribution in [-0.2, 0) is 16.6 Å². The molecule has 2 heterocycles. The number of hydrogen-bond acceptors (Lipinski definition) is 5. The quantitative estimate of drug-likeness (QED) is 0.502. The number of thiazole rings is 1. The van der Waals surface area contributed by atoms with Crippen LogP contribution in [0.4, 0.5) is 0 Å². The molecule has 8 heteroatoms. The van der Waals surface area contributed by atoms with E-state index in [-0.39, 0.29) is 48.3 Å². The van der Waals surface area contributed by atoms with Crippen molar-refractivity contribution in [2.24, 2.45) is 0 Å². The number of benzene rings is 1. The SMILES string of the molecule is CC(C)(C)c1sc(CC(=O)C2(Cl)CC(N3C(=O)c4ccccc4C3=O)C2)nc1Cl. The number of amides is 2. The summed E-state index contributed by atoms with van der Waals surface area (Å²) in [7, 11) is 0. The molecule has 0 unspecified atom stereocenters. The number of halogens is 2. The van der Waals surface area contributed by atoms with Crippen LogP contribution >= 0.6 is 34.5 Å². The lowest BCUT2D eigenvalue weighted by atomic mass is 9.75. The molecule has 4 rings (SSSR count). The molecule has 0 radical (unpaired) electrons. The van der Waals surface area contributed by atoms with Gasteiger partial charge in [-0.15, -0.1) is 22.9 Å². The fourth-order valence-electron chi connectivity index (χ4n) is 3.81. The van der Waals surface area contributed by atoms with Crippen LogP contribution in [0, 0.1) is 0 Å². The van der Waals surface area contributed by atoms with Crippen LogP contribution in [0.1, 0.15) is 64.2 Å². The largest absolute Gasteiger partial charge is 0.297 e. The van der Waals surface area contributed by atoms with Crippen molar-refractivity contribution in [3.63, 3.8) is 0 Å². The summed E-state index contributed by atoms with van der Waals surface area (Å²) in [6.07, 6.45) is 0.604. The molecule has 1 aliphatic carbocycles. The van der Waals surface area contributed by atoms with E-state index in [1.165, 1.54) is 16.2 Å². The highest BCUT2D eigenvalue weighted by Gasteiger charge is 2.54. The van der Waals surface area contributed by atoms with Gasteiger partial charge in [-0.25, -0.2) is 4.98 Å². The highest BCUT2D eigenvalue weighted by atomic mass is 35.5. The Hall–Kier alpha value is -1.76. The van der Waals surface area contributed by atoms with Crippen LogP contribution in [0.2, 0.25) is 5.15 Å². The first kappa shape index (κ1) is 20.5. The summed E-state index contributed by atoms with van der Waals surface area (Å²) in [4.78, 5) is 43.5. The topological polar surface area (TPSA) is 67.3 Å². The lowest BCUT2D eigenvalue weighted by molar-refractivity contribution is -0.124. The van der Waals surface area contributed by atoms with Crippen molar-refractivity contribution in [1.29, 1.82) is 0 Å². The number of rotatable bonds is 4. The number of hydrogen-bond donors (Lipinski definition) is 0. The van der Waals surface area contributed by atoms with Gasteiger partial charge >= 0.3 is 0 Å². The third-order valence-corrected chi connectivity index (χ3v) is 7.82. The zero-order chi connectivity index (χ0) is 21.1. The number of Topliss-reactive ketones (excluding diaryl/α,β-unsaturated/α-hetero) is 1. The minimum Gasteiger partial charge on any atom is -0.297 e. The van der Waals surface area contributed by atoms with Crippen LogP contribution in [0.15, 0.2) is 24.3 Å². The smallest absolute Gasteiger partial charge is 0.261 e. The van der Waals surface area contributed by atoms with Crippen LogP contribution in [-0.4, -0.2) is 38.4 Å². The Labute approximate surface area is 183 Å². The van der Waals surface area contributed by atoms with E-state index < -0.39 is 4.87 Å². The van der Waals surface area contributed by atoms with Gasteiger partial charge in [-0.1, -0.05) is 44.5 Å². The third kappa shape index (κ3) is 3.41. The minimum absolute atomic E-state index is 0.0960. The van der Waals surface area contributed by atoms with Crippen molar-refractivity contribution in [2.45, 2.75) is 56.4 Å². The van der Waals surface area contributed by atoms with Gasteiger partial charge in [0.15, 0.2) is 5.78 Å². The van der Waals surface area contributed by atoms with E-state index in [0.717, 1.165) is 4.88 Å². The van der Waals surface area contributed by atoms with Gasteiger partial charge in [-0.05, 0) is 30.4 Å². The van der Waals surface area contributed by atoms with Crippen LogP contribution in [0.25, 0.3) is 0 Å². The van der Waals surface area contributed by atoms with Gasteiger partial charge in [-0.3, -0.25) is 19.3 Å². The number of fused-ring (bicyclic) bond motifs is 1. The van der Waals surface area contributed by atoms with Gasteiger partial charge in [0.1, 0.15) is 15.0 Å². The van der Waals surface area contributed by atoms with Crippen LogP contribution in [0.5, 0.6) is 0 Å². The molecular weight excluding hydrogens is 431 g/mol. The highest BCUT2D eigenvalue weighted by molar-refractivity contribution is 7.12. The molecule has 152 valence electrons. The van der Waals surface area contributed by atoms with E-state index in [2.05, 4.69) is 4.98 Å². The third-order valence-electron chi connectivity index (χ3n) is 5.43. The molecule has 0 N–H and O–H groups in total. The maximum absolute atomic E-state index is 12.8. The van der Waals surface area contributed by atoms with Crippen molar-refractivity contribution >= 4 is 52.1 Å². The maximum atomic E-state index is 12.8. The second-order valence-electron chi connectivity index (χ2n) is 8.63. The predicted octanol–water partition coefficient (Wildman–Crippen LogP) is 4.64. The van der Waals surface area contributed by atoms with Crippen LogP contribution in [0.3, 0.4) is 0 Å². The molecule has 1 aromatic heterocycles. The fourth-order valence-corrected chi connectivity index (χ4v) is 5.80. The summed E-state index contributed by atoms with van der Waals surface area (Å²) in [5.74, 6) is -0.788. The Morgan fingerprint density at radius 1 is 1.21 bits per heavy atom. The molecule has 1 saturated carbocycles. The van der Waals surface area contributed by atoms with Gasteiger partial charge in [0, 0.05) is 10.9 Å². The molecule has 0 saturated heterocycles. The Balaban J connectivity index is 1.44. The number of carbonyl (C=O) groups is 3. The number of nitrogens with zero attached hydrogens (tertiary/aromatic N) is 2. The van der Waals surface area contributed by atoms with Gasteiger partial charge in [-0.2, -0.15) is 0 Å². The molecule has 5 nitrogen and oxygen atoms in total. The monoisotopic (exact) mass is 450 g/mol. The van der Waals surface area contributed by atoms with E-state index in [0.29, 0.717) is 21.3 Å². The fraction of sp³-hybridized carbons (Fsp3) is 0.429. The first-order valence-corrected chi connectivity index (χ1v) is 10.9. The van der Waals surface area contributed by atoms with Crippen molar-refractivity contribution < 1.29 is 14.4 Å². The molecule has 2 aromatic rings. The number of alkyl halides is 1. The van der Waals surface area contributed by atoms with Crippen molar-refractivity contribution in [1.82, 2.24) is 9.88 Å². The molecule has 2 aliphatic rings. The molecule has 1 fully saturated rings. The first-order chi connectivity index (χ1) is 13.5. The summed E-state index contributed by atoms with van der Waals surface area (Å²) >= 11 is 14.2. The Bertz CT molecular complexity index is 1000. The Morgan fingerprint density at radius 2 is 1.76 bits per heavy atom. The summed E-state index contributed by atoms with van der Waals surface area (Å²) < 4.78 is 0. The number of carbonyl (C=O) groups excluding carboxylic acids is 3. The molecule has 0 spiro atoms.